The Bertz CT molecular complexity index is 670. The number of esters is 1. The van der Waals surface area contributed by atoms with Crippen LogP contribution in [0.2, 0.25) is 0 Å². The van der Waals surface area contributed by atoms with Crippen LogP contribution in [0.25, 0.3) is 0 Å². The van der Waals surface area contributed by atoms with Crippen molar-refractivity contribution in [3.8, 4) is 0 Å². The van der Waals surface area contributed by atoms with E-state index < -0.39 is 17.7 Å². The van der Waals surface area contributed by atoms with Crippen molar-refractivity contribution in [2.24, 2.45) is 0 Å². The van der Waals surface area contributed by atoms with E-state index in [1.165, 1.54) is 42.9 Å². The van der Waals surface area contributed by atoms with E-state index in [1.54, 1.807) is 12.3 Å². The second kappa shape index (κ2) is 7.13. The van der Waals surface area contributed by atoms with Gasteiger partial charge in [0.15, 0.2) is 0 Å². The number of methoxy groups -OCH3 is 1. The minimum absolute atomic E-state index is 0.0619. The summed E-state index contributed by atoms with van der Waals surface area (Å²) in [4.78, 5) is 24.0. The largest absolute Gasteiger partial charge is 0.468 e. The van der Waals surface area contributed by atoms with Crippen LogP contribution in [0.5, 0.6) is 0 Å². The molecule has 1 atom stereocenters. The lowest BCUT2D eigenvalue weighted by Gasteiger charge is -2.15. The number of hydrogen-bond acceptors (Lipinski definition) is 5. The average molecular weight is 322 g/mol. The Labute approximate surface area is 131 Å². The first-order chi connectivity index (χ1) is 10.5. The summed E-state index contributed by atoms with van der Waals surface area (Å²) < 4.78 is 21.8. The Morgan fingerprint density at radius 3 is 2.59 bits per heavy atom. The number of rotatable bonds is 5. The number of carbonyl (C=O) groups excluding carboxylic acids is 2. The van der Waals surface area contributed by atoms with Gasteiger partial charge in [0.05, 0.1) is 24.3 Å². The lowest BCUT2D eigenvalue weighted by molar-refractivity contribution is -0.142. The van der Waals surface area contributed by atoms with Gasteiger partial charge in [0.2, 0.25) is 0 Å². The number of aromatic nitrogens is 1. The van der Waals surface area contributed by atoms with Crippen LogP contribution >= 0.6 is 11.5 Å². The molecule has 22 heavy (non-hydrogen) atoms. The highest BCUT2D eigenvalue weighted by atomic mass is 32.1. The van der Waals surface area contributed by atoms with E-state index in [2.05, 4.69) is 9.69 Å². The van der Waals surface area contributed by atoms with Gasteiger partial charge in [-0.1, -0.05) is 12.1 Å². The van der Waals surface area contributed by atoms with Gasteiger partial charge in [-0.15, -0.1) is 0 Å². The summed E-state index contributed by atoms with van der Waals surface area (Å²) in [6, 6.07) is 5.53. The Balaban J connectivity index is 2.11. The predicted octanol–water partition coefficient (Wildman–Crippen LogP) is 2.28. The molecule has 2 rings (SSSR count). The van der Waals surface area contributed by atoms with E-state index in [-0.39, 0.29) is 12.5 Å². The van der Waals surface area contributed by atoms with E-state index in [1.807, 2.05) is 0 Å². The first kappa shape index (κ1) is 16.1. The smallest absolute Gasteiger partial charge is 0.314 e. The van der Waals surface area contributed by atoms with Crippen LogP contribution in [0.1, 0.15) is 27.5 Å². The van der Waals surface area contributed by atoms with Gasteiger partial charge in [0.1, 0.15) is 5.82 Å². The van der Waals surface area contributed by atoms with Gasteiger partial charge in [0, 0.05) is 11.9 Å². The summed E-state index contributed by atoms with van der Waals surface area (Å²) in [7, 11) is 1.27. The molecule has 1 unspecified atom stereocenters. The van der Waals surface area contributed by atoms with E-state index >= 15 is 0 Å². The number of halogens is 1. The third-order valence-corrected chi connectivity index (χ3v) is 3.94. The zero-order valence-electron chi connectivity index (χ0n) is 12.1. The fourth-order valence-electron chi connectivity index (χ4n) is 1.97. The second-order valence-corrected chi connectivity index (χ2v) is 5.28. The van der Waals surface area contributed by atoms with Crippen LogP contribution in [-0.4, -0.2) is 29.9 Å². The molecule has 0 saturated carbocycles. The van der Waals surface area contributed by atoms with E-state index in [4.69, 9.17) is 4.74 Å². The first-order valence-electron chi connectivity index (χ1n) is 6.55. The molecule has 1 heterocycles. The number of aryl methyl sites for hydroxylation is 1. The second-order valence-electron chi connectivity index (χ2n) is 4.65. The number of nitrogens with one attached hydrogen (secondary N) is 1. The van der Waals surface area contributed by atoms with Crippen molar-refractivity contribution in [2.45, 2.75) is 12.8 Å². The topological polar surface area (TPSA) is 68.3 Å². The molecule has 1 N–H and O–H groups in total. The molecule has 5 nitrogen and oxygen atoms in total. The molecule has 0 fully saturated rings. The van der Waals surface area contributed by atoms with Crippen molar-refractivity contribution < 1.29 is 18.7 Å². The molecular weight excluding hydrogens is 307 g/mol. The van der Waals surface area contributed by atoms with Crippen LogP contribution in [0.3, 0.4) is 0 Å². The molecule has 1 amide bonds. The highest BCUT2D eigenvalue weighted by molar-refractivity contribution is 7.03. The van der Waals surface area contributed by atoms with E-state index in [0.717, 1.165) is 0 Å². The number of hydrogen-bond donors (Lipinski definition) is 1. The number of benzene rings is 1. The predicted molar refractivity (Wildman–Crippen MR) is 80.3 cm³/mol. The molecule has 116 valence electrons. The highest BCUT2D eigenvalue weighted by Crippen LogP contribution is 2.18. The average Bonchev–Trinajstić information content (AvgIpc) is 2.94. The lowest BCUT2D eigenvalue weighted by Crippen LogP contribution is -2.32. The zero-order valence-corrected chi connectivity index (χ0v) is 12.9. The van der Waals surface area contributed by atoms with Crippen molar-refractivity contribution >= 4 is 23.4 Å². The van der Waals surface area contributed by atoms with Gasteiger partial charge in [-0.2, -0.15) is 4.37 Å². The maximum absolute atomic E-state index is 13.0. The molecule has 0 bridgehead atoms. The van der Waals surface area contributed by atoms with Crippen molar-refractivity contribution in [3.63, 3.8) is 0 Å². The molecule has 0 radical (unpaired) electrons. The molecule has 0 aliphatic heterocycles. The summed E-state index contributed by atoms with van der Waals surface area (Å²) in [5.41, 5.74) is 1.69. The quantitative estimate of drug-likeness (QED) is 0.858. The van der Waals surface area contributed by atoms with Crippen LogP contribution in [-0.2, 0) is 9.53 Å². The monoisotopic (exact) mass is 322 g/mol. The molecular formula is C15H15FN2O3S. The maximum atomic E-state index is 13.0. The van der Waals surface area contributed by atoms with E-state index in [9.17, 15) is 14.0 Å². The fraction of sp³-hybridized carbons (Fsp3) is 0.267. The normalized spacial score (nSPS) is 11.8. The van der Waals surface area contributed by atoms with Crippen LogP contribution < -0.4 is 5.32 Å². The highest BCUT2D eigenvalue weighted by Gasteiger charge is 2.23. The molecule has 0 saturated heterocycles. The van der Waals surface area contributed by atoms with Crippen molar-refractivity contribution in [1.29, 1.82) is 0 Å². The minimum Gasteiger partial charge on any atom is -0.468 e. The number of nitrogens with zero attached hydrogens (tertiary/aromatic N) is 1. The van der Waals surface area contributed by atoms with Gasteiger partial charge in [0.25, 0.3) is 5.91 Å². The van der Waals surface area contributed by atoms with Crippen molar-refractivity contribution in [3.05, 3.63) is 52.3 Å². The summed E-state index contributed by atoms with van der Waals surface area (Å²) in [5, 5.41) is 4.34. The van der Waals surface area contributed by atoms with E-state index in [0.29, 0.717) is 16.8 Å². The molecule has 0 aliphatic rings. The molecule has 0 aliphatic carbocycles. The summed E-state index contributed by atoms with van der Waals surface area (Å²) in [6.07, 6.45) is 0. The molecule has 0 spiro atoms. The molecule has 1 aromatic heterocycles. The fourth-order valence-corrected chi connectivity index (χ4v) is 2.67. The van der Waals surface area contributed by atoms with Crippen LogP contribution in [0.4, 0.5) is 4.39 Å². The number of carbonyl (C=O) groups is 2. The maximum Gasteiger partial charge on any atom is 0.314 e. The van der Waals surface area contributed by atoms with Crippen molar-refractivity contribution in [1.82, 2.24) is 9.69 Å². The van der Waals surface area contributed by atoms with Gasteiger partial charge in [-0.05, 0) is 36.2 Å². The summed E-state index contributed by atoms with van der Waals surface area (Å²) in [5.74, 6) is -1.88. The Morgan fingerprint density at radius 2 is 2.05 bits per heavy atom. The Morgan fingerprint density at radius 1 is 1.36 bits per heavy atom. The number of amides is 1. The van der Waals surface area contributed by atoms with Crippen molar-refractivity contribution in [2.75, 3.05) is 13.7 Å². The standard InChI is InChI=1S/C15H15FN2O3S/c1-9-13(8-22-18-9)14(19)17-7-12(15(20)21-2)10-3-5-11(16)6-4-10/h3-6,8,12H,7H2,1-2H3,(H,17,19). The van der Waals surface area contributed by atoms with Crippen LogP contribution in [0.15, 0.2) is 29.6 Å². The van der Waals surface area contributed by atoms with Crippen LogP contribution in [0, 0.1) is 12.7 Å². The molecule has 2 aromatic rings. The minimum atomic E-state index is -0.693. The Hall–Kier alpha value is -2.28. The molecule has 1 aromatic carbocycles. The number of ether oxygens (including phenoxy) is 1. The third-order valence-electron chi connectivity index (χ3n) is 3.22. The van der Waals surface area contributed by atoms with Gasteiger partial charge in [-0.3, -0.25) is 9.59 Å². The van der Waals surface area contributed by atoms with Gasteiger partial charge in [-0.25, -0.2) is 4.39 Å². The lowest BCUT2D eigenvalue weighted by atomic mass is 9.99. The zero-order chi connectivity index (χ0) is 16.1. The molecule has 7 heteroatoms. The summed E-state index contributed by atoms with van der Waals surface area (Å²) >= 11 is 1.19. The third kappa shape index (κ3) is 3.67. The first-order valence-corrected chi connectivity index (χ1v) is 7.39. The summed E-state index contributed by atoms with van der Waals surface area (Å²) in [6.45, 7) is 1.80. The van der Waals surface area contributed by atoms with Gasteiger partial charge >= 0.3 is 5.97 Å². The van der Waals surface area contributed by atoms with Gasteiger partial charge < -0.3 is 10.1 Å². The Kier molecular flexibility index (Phi) is 5.21. The SMILES string of the molecule is COC(=O)C(CNC(=O)c1csnc1C)c1ccc(F)cc1.